The highest BCUT2D eigenvalue weighted by molar-refractivity contribution is 6.28. The standard InChI is InChI=1S/C80H74N2/c1-77(2,3)59-39-33-52(34-40-59)51-25-29-55(30-26-51)64-44-41-60(78(4,5)6)50-74(64)82(69-22-16-13-19-63(69)54-31-27-53(28-32-54)58-47-61(79(7,8)9)49-62(48-58)80(10,11)12)73-46-38-57-35-42-67-72(45-37-56-36-43-68(73)76(57)75(56)67)81-70-23-17-14-20-65(70)66-21-15-18-24-71(66)81/h13-50H,1-12H3. The fourth-order valence-corrected chi connectivity index (χ4v) is 12.6. The Labute approximate surface area is 485 Å². The number of nitrogens with zero attached hydrogens (tertiary/aromatic N) is 2. The second-order valence-corrected chi connectivity index (χ2v) is 27.1. The van der Waals surface area contributed by atoms with Gasteiger partial charge < -0.3 is 9.47 Å². The van der Waals surface area contributed by atoms with E-state index in [0.717, 1.165) is 33.8 Å². The first kappa shape index (κ1) is 52.6. The maximum atomic E-state index is 2.59. The van der Waals surface area contributed by atoms with E-state index in [2.05, 4.69) is 323 Å². The van der Waals surface area contributed by atoms with Crippen molar-refractivity contribution in [3.8, 4) is 50.2 Å². The maximum absolute atomic E-state index is 2.59. The molecule has 0 aliphatic rings. The van der Waals surface area contributed by atoms with E-state index < -0.39 is 0 Å². The van der Waals surface area contributed by atoms with Crippen LogP contribution in [-0.2, 0) is 21.7 Å². The van der Waals surface area contributed by atoms with Gasteiger partial charge in [0.15, 0.2) is 0 Å². The third-order valence-electron chi connectivity index (χ3n) is 17.4. The van der Waals surface area contributed by atoms with Crippen LogP contribution in [-0.4, -0.2) is 4.57 Å². The molecule has 2 nitrogen and oxygen atoms in total. The number of fused-ring (bicyclic) bond motifs is 3. The largest absolute Gasteiger partial charge is 0.309 e. The van der Waals surface area contributed by atoms with Gasteiger partial charge in [-0.15, -0.1) is 0 Å². The van der Waals surface area contributed by atoms with Gasteiger partial charge in [-0.1, -0.05) is 277 Å². The molecule has 0 spiro atoms. The average Bonchev–Trinajstić information content (AvgIpc) is 2.11. The van der Waals surface area contributed by atoms with Crippen LogP contribution in [0.4, 0.5) is 17.1 Å². The van der Waals surface area contributed by atoms with E-state index in [9.17, 15) is 0 Å². The van der Waals surface area contributed by atoms with Gasteiger partial charge in [-0.3, -0.25) is 0 Å². The summed E-state index contributed by atoms with van der Waals surface area (Å²) in [6, 6.07) is 87.7. The topological polar surface area (TPSA) is 8.17 Å². The van der Waals surface area contributed by atoms with Crippen LogP contribution in [0.5, 0.6) is 0 Å². The van der Waals surface area contributed by atoms with Gasteiger partial charge in [0, 0.05) is 32.7 Å². The molecule has 0 N–H and O–H groups in total. The van der Waals surface area contributed by atoms with Crippen molar-refractivity contribution in [2.24, 2.45) is 0 Å². The van der Waals surface area contributed by atoms with Crippen LogP contribution in [0.1, 0.15) is 105 Å². The Bertz CT molecular complexity index is 4470. The molecule has 0 radical (unpaired) electrons. The van der Waals surface area contributed by atoms with Crippen molar-refractivity contribution >= 4 is 71.2 Å². The number of aromatic nitrogens is 1. The Morgan fingerprint density at radius 1 is 0.268 bits per heavy atom. The molecular weight excluding hydrogens is 989 g/mol. The number of benzene rings is 12. The van der Waals surface area contributed by atoms with E-state index in [0.29, 0.717) is 0 Å². The van der Waals surface area contributed by atoms with Crippen molar-refractivity contribution in [2.45, 2.75) is 105 Å². The van der Waals surface area contributed by atoms with Gasteiger partial charge in [-0.2, -0.15) is 0 Å². The van der Waals surface area contributed by atoms with E-state index in [1.807, 2.05) is 0 Å². The molecule has 404 valence electrons. The van der Waals surface area contributed by atoms with Gasteiger partial charge in [0.25, 0.3) is 0 Å². The average molecular weight is 1060 g/mol. The zero-order valence-corrected chi connectivity index (χ0v) is 49.8. The summed E-state index contributed by atoms with van der Waals surface area (Å²) >= 11 is 0. The Morgan fingerprint density at radius 2 is 0.695 bits per heavy atom. The van der Waals surface area contributed by atoms with Gasteiger partial charge in [-0.25, -0.2) is 0 Å². The first-order valence-corrected chi connectivity index (χ1v) is 29.4. The number of rotatable bonds is 8. The Hall–Kier alpha value is -8.72. The lowest BCUT2D eigenvalue weighted by Crippen LogP contribution is -2.16. The Kier molecular flexibility index (Phi) is 12.5. The lowest BCUT2D eigenvalue weighted by atomic mass is 9.79. The van der Waals surface area contributed by atoms with Crippen LogP contribution in [0.15, 0.2) is 231 Å². The second-order valence-electron chi connectivity index (χ2n) is 27.1. The summed E-state index contributed by atoms with van der Waals surface area (Å²) in [7, 11) is 0. The third kappa shape index (κ3) is 9.23. The monoisotopic (exact) mass is 1060 g/mol. The molecule has 0 aliphatic carbocycles. The first-order valence-electron chi connectivity index (χ1n) is 29.4. The van der Waals surface area contributed by atoms with Crippen LogP contribution < -0.4 is 4.90 Å². The highest BCUT2D eigenvalue weighted by Gasteiger charge is 2.28. The second kappa shape index (κ2) is 19.5. The van der Waals surface area contributed by atoms with E-state index in [-0.39, 0.29) is 21.7 Å². The van der Waals surface area contributed by atoms with Gasteiger partial charge in [0.05, 0.1) is 33.8 Å². The van der Waals surface area contributed by atoms with Gasteiger partial charge in [0.1, 0.15) is 0 Å². The minimum atomic E-state index is -0.125. The van der Waals surface area contributed by atoms with Crippen LogP contribution in [0.2, 0.25) is 0 Å². The summed E-state index contributed by atoms with van der Waals surface area (Å²) in [5, 5.41) is 9.96. The summed E-state index contributed by atoms with van der Waals surface area (Å²) in [5.74, 6) is 0. The fraction of sp³-hybridized carbons (Fsp3) is 0.200. The van der Waals surface area contributed by atoms with Crippen LogP contribution in [0, 0.1) is 0 Å². The van der Waals surface area contributed by atoms with E-state index in [1.165, 1.54) is 110 Å². The molecule has 1 aromatic heterocycles. The van der Waals surface area contributed by atoms with Gasteiger partial charge in [-0.05, 0) is 135 Å². The van der Waals surface area contributed by atoms with E-state index in [1.54, 1.807) is 0 Å². The molecule has 12 aromatic carbocycles. The Morgan fingerprint density at radius 3 is 1.26 bits per heavy atom. The third-order valence-corrected chi connectivity index (χ3v) is 17.4. The van der Waals surface area contributed by atoms with Crippen molar-refractivity contribution in [3.05, 3.63) is 253 Å². The molecule has 13 rings (SSSR count). The number of anilines is 3. The molecule has 0 aliphatic heterocycles. The highest BCUT2D eigenvalue weighted by Crippen LogP contribution is 2.51. The highest BCUT2D eigenvalue weighted by atomic mass is 15.1. The minimum Gasteiger partial charge on any atom is -0.309 e. The lowest BCUT2D eigenvalue weighted by molar-refractivity contribution is 0.569. The SMILES string of the molecule is CC(C)(C)c1ccc(-c2ccc(-c3ccc(C(C)(C)C)cc3N(c3ccccc3-c3ccc(-c4cc(C(C)(C)C)cc(C(C)(C)C)c4)cc3)c3ccc4ccc5c(-n6c7ccccc7c7ccccc76)ccc6ccc3c4c65)cc2)cc1. The molecule has 0 fully saturated rings. The predicted octanol–water partition coefficient (Wildman–Crippen LogP) is 23.0. The molecule has 0 unspecified atom stereocenters. The molecule has 0 saturated carbocycles. The summed E-state index contributed by atoms with van der Waals surface area (Å²) in [4.78, 5) is 2.59. The van der Waals surface area contributed by atoms with Gasteiger partial charge >= 0.3 is 0 Å². The normalized spacial score (nSPS) is 12.6. The first-order chi connectivity index (χ1) is 39.2. The van der Waals surface area contributed by atoms with Crippen molar-refractivity contribution < 1.29 is 0 Å². The summed E-state index contributed by atoms with van der Waals surface area (Å²) in [6.45, 7) is 27.7. The summed E-state index contributed by atoms with van der Waals surface area (Å²) in [6.07, 6.45) is 0. The maximum Gasteiger partial charge on any atom is 0.0543 e. The van der Waals surface area contributed by atoms with E-state index in [4.69, 9.17) is 0 Å². The smallest absolute Gasteiger partial charge is 0.0543 e. The molecule has 0 bridgehead atoms. The predicted molar refractivity (Wildman–Crippen MR) is 356 cm³/mol. The Balaban J connectivity index is 1.04. The van der Waals surface area contributed by atoms with Crippen LogP contribution >= 0.6 is 0 Å². The van der Waals surface area contributed by atoms with Crippen molar-refractivity contribution in [3.63, 3.8) is 0 Å². The van der Waals surface area contributed by atoms with Gasteiger partial charge in [0.2, 0.25) is 0 Å². The molecule has 0 atom stereocenters. The molecule has 1 heterocycles. The number of hydrogen-bond acceptors (Lipinski definition) is 1. The fourth-order valence-electron chi connectivity index (χ4n) is 12.6. The zero-order valence-electron chi connectivity index (χ0n) is 49.8. The van der Waals surface area contributed by atoms with E-state index >= 15 is 0 Å². The van der Waals surface area contributed by atoms with Crippen molar-refractivity contribution in [1.82, 2.24) is 4.57 Å². The molecule has 13 aromatic rings. The van der Waals surface area contributed by atoms with Crippen LogP contribution in [0.25, 0.3) is 104 Å². The van der Waals surface area contributed by atoms with Crippen molar-refractivity contribution in [1.29, 1.82) is 0 Å². The molecular formula is C80H74N2. The zero-order chi connectivity index (χ0) is 57.0. The molecule has 0 amide bonds. The molecule has 2 heteroatoms. The minimum absolute atomic E-state index is 0.0156. The lowest BCUT2D eigenvalue weighted by Gasteiger charge is -2.33. The molecule has 82 heavy (non-hydrogen) atoms. The summed E-state index contributed by atoms with van der Waals surface area (Å²) in [5.41, 5.74) is 21.8. The van der Waals surface area contributed by atoms with Crippen molar-refractivity contribution in [2.75, 3.05) is 4.90 Å². The quantitative estimate of drug-likeness (QED) is 0.138. The number of para-hydroxylation sites is 3. The summed E-state index contributed by atoms with van der Waals surface area (Å²) < 4.78 is 2.48. The van der Waals surface area contributed by atoms with Crippen LogP contribution in [0.3, 0.4) is 0 Å². The molecule has 0 saturated heterocycles. The number of hydrogen-bond donors (Lipinski definition) is 0.